The summed E-state index contributed by atoms with van der Waals surface area (Å²) in [7, 11) is 0. The van der Waals surface area contributed by atoms with Gasteiger partial charge in [-0.2, -0.15) is 0 Å². The second kappa shape index (κ2) is 6.39. The number of ether oxygens (including phenoxy) is 1. The highest BCUT2D eigenvalue weighted by molar-refractivity contribution is 5.40. The van der Waals surface area contributed by atoms with Gasteiger partial charge in [0.2, 0.25) is 5.88 Å². The molecular weight excluding hydrogens is 216 g/mol. The van der Waals surface area contributed by atoms with E-state index in [1.165, 1.54) is 0 Å². The van der Waals surface area contributed by atoms with Crippen molar-refractivity contribution in [2.24, 2.45) is 0 Å². The van der Waals surface area contributed by atoms with E-state index in [4.69, 9.17) is 4.74 Å². The minimum absolute atomic E-state index is 0.675. The van der Waals surface area contributed by atoms with Crippen LogP contribution in [0.5, 0.6) is 5.88 Å². The maximum absolute atomic E-state index is 5.52. The smallest absolute Gasteiger partial charge is 0.218 e. The molecule has 2 heterocycles. The summed E-state index contributed by atoms with van der Waals surface area (Å²) >= 11 is 0. The molecule has 2 rings (SSSR count). The van der Waals surface area contributed by atoms with Gasteiger partial charge in [-0.3, -0.25) is 0 Å². The Labute approximate surface area is 102 Å². The van der Waals surface area contributed by atoms with E-state index in [1.54, 1.807) is 6.33 Å². The maximum atomic E-state index is 5.52. The van der Waals surface area contributed by atoms with Crippen molar-refractivity contribution in [3.63, 3.8) is 0 Å². The van der Waals surface area contributed by atoms with Crippen molar-refractivity contribution < 1.29 is 4.74 Å². The second-order valence-corrected chi connectivity index (χ2v) is 4.15. The SMILES string of the molecule is CCCOc1cc(N2CCCNCC2)ncn1. The second-order valence-electron chi connectivity index (χ2n) is 4.15. The van der Waals surface area contributed by atoms with Crippen molar-refractivity contribution in [1.82, 2.24) is 15.3 Å². The van der Waals surface area contributed by atoms with Crippen LogP contribution in [0.15, 0.2) is 12.4 Å². The van der Waals surface area contributed by atoms with Crippen molar-refractivity contribution in [2.45, 2.75) is 19.8 Å². The van der Waals surface area contributed by atoms with Crippen LogP contribution in [0.25, 0.3) is 0 Å². The summed E-state index contributed by atoms with van der Waals surface area (Å²) < 4.78 is 5.52. The topological polar surface area (TPSA) is 50.3 Å². The zero-order chi connectivity index (χ0) is 11.9. The monoisotopic (exact) mass is 236 g/mol. The van der Waals surface area contributed by atoms with Crippen LogP contribution < -0.4 is 15.0 Å². The number of anilines is 1. The molecule has 0 atom stereocenters. The highest BCUT2D eigenvalue weighted by Crippen LogP contribution is 2.16. The number of hydrogen-bond acceptors (Lipinski definition) is 5. The number of aromatic nitrogens is 2. The highest BCUT2D eigenvalue weighted by Gasteiger charge is 2.11. The van der Waals surface area contributed by atoms with Crippen molar-refractivity contribution in [3.05, 3.63) is 12.4 Å². The third-order valence-electron chi connectivity index (χ3n) is 2.75. The van der Waals surface area contributed by atoms with Gasteiger partial charge in [-0.1, -0.05) is 6.92 Å². The standard InChI is InChI=1S/C12H20N4O/c1-2-8-17-12-9-11(14-10-15-12)16-6-3-4-13-5-7-16/h9-10,13H,2-8H2,1H3. The first kappa shape index (κ1) is 12.1. The Hall–Kier alpha value is -1.36. The molecule has 17 heavy (non-hydrogen) atoms. The van der Waals surface area contributed by atoms with E-state index >= 15 is 0 Å². The lowest BCUT2D eigenvalue weighted by Gasteiger charge is -2.20. The first-order valence-corrected chi connectivity index (χ1v) is 6.30. The van der Waals surface area contributed by atoms with Crippen LogP contribution in [0.4, 0.5) is 5.82 Å². The molecule has 0 radical (unpaired) electrons. The largest absolute Gasteiger partial charge is 0.478 e. The molecule has 0 saturated carbocycles. The number of rotatable bonds is 4. The summed E-state index contributed by atoms with van der Waals surface area (Å²) in [5.74, 6) is 1.64. The van der Waals surface area contributed by atoms with Crippen LogP contribution in [0, 0.1) is 0 Å². The minimum atomic E-state index is 0.675. The van der Waals surface area contributed by atoms with Crippen molar-refractivity contribution >= 4 is 5.82 Å². The molecule has 1 N–H and O–H groups in total. The molecule has 1 aliphatic rings. The van der Waals surface area contributed by atoms with Crippen molar-refractivity contribution in [1.29, 1.82) is 0 Å². The molecular formula is C12H20N4O. The zero-order valence-electron chi connectivity index (χ0n) is 10.4. The van der Waals surface area contributed by atoms with Gasteiger partial charge in [-0.25, -0.2) is 9.97 Å². The Balaban J connectivity index is 2.03. The zero-order valence-corrected chi connectivity index (χ0v) is 10.4. The molecule has 94 valence electrons. The summed E-state index contributed by atoms with van der Waals surface area (Å²) in [6.45, 7) is 6.91. The van der Waals surface area contributed by atoms with E-state index in [0.29, 0.717) is 12.5 Å². The summed E-state index contributed by atoms with van der Waals surface area (Å²) in [6, 6.07) is 1.93. The van der Waals surface area contributed by atoms with Gasteiger partial charge in [-0.15, -0.1) is 0 Å². The predicted octanol–water partition coefficient (Wildman–Crippen LogP) is 1.07. The van der Waals surface area contributed by atoms with Crippen LogP contribution in [0.1, 0.15) is 19.8 Å². The molecule has 0 bridgehead atoms. The predicted molar refractivity (Wildman–Crippen MR) is 67.5 cm³/mol. The Bertz CT molecular complexity index is 337. The molecule has 1 aromatic heterocycles. The van der Waals surface area contributed by atoms with Gasteiger partial charge in [0.1, 0.15) is 12.1 Å². The van der Waals surface area contributed by atoms with Gasteiger partial charge in [0.15, 0.2) is 0 Å². The normalized spacial score (nSPS) is 16.6. The molecule has 0 aliphatic carbocycles. The molecule has 1 aromatic rings. The summed E-state index contributed by atoms with van der Waals surface area (Å²) in [6.07, 6.45) is 3.72. The lowest BCUT2D eigenvalue weighted by atomic mass is 10.4. The maximum Gasteiger partial charge on any atom is 0.218 e. The highest BCUT2D eigenvalue weighted by atomic mass is 16.5. The number of nitrogens with zero attached hydrogens (tertiary/aromatic N) is 3. The summed E-state index contributed by atoms with van der Waals surface area (Å²) in [4.78, 5) is 10.7. The fourth-order valence-electron chi connectivity index (χ4n) is 1.86. The summed E-state index contributed by atoms with van der Waals surface area (Å²) in [5.41, 5.74) is 0. The molecule has 5 nitrogen and oxygen atoms in total. The van der Waals surface area contributed by atoms with E-state index in [-0.39, 0.29) is 0 Å². The Morgan fingerprint density at radius 2 is 2.29 bits per heavy atom. The molecule has 0 aromatic carbocycles. The van der Waals surface area contributed by atoms with Gasteiger partial charge >= 0.3 is 0 Å². The Morgan fingerprint density at radius 3 is 3.18 bits per heavy atom. The average molecular weight is 236 g/mol. The molecule has 1 saturated heterocycles. The van der Waals surface area contributed by atoms with E-state index in [1.807, 2.05) is 6.07 Å². The Morgan fingerprint density at radius 1 is 1.35 bits per heavy atom. The average Bonchev–Trinajstić information content (AvgIpc) is 2.65. The van der Waals surface area contributed by atoms with Gasteiger partial charge in [0, 0.05) is 25.7 Å². The first-order chi connectivity index (χ1) is 8.40. The van der Waals surface area contributed by atoms with Gasteiger partial charge in [0.05, 0.1) is 6.61 Å². The lowest BCUT2D eigenvalue weighted by molar-refractivity contribution is 0.304. The molecule has 1 aliphatic heterocycles. The molecule has 0 amide bonds. The van der Waals surface area contributed by atoms with E-state index < -0.39 is 0 Å². The fourth-order valence-corrected chi connectivity index (χ4v) is 1.86. The third-order valence-corrected chi connectivity index (χ3v) is 2.75. The van der Waals surface area contributed by atoms with Crippen LogP contribution in [0.3, 0.4) is 0 Å². The number of hydrogen-bond donors (Lipinski definition) is 1. The lowest BCUT2D eigenvalue weighted by Crippen LogP contribution is -2.28. The van der Waals surface area contributed by atoms with Gasteiger partial charge in [-0.05, 0) is 19.4 Å². The molecule has 0 spiro atoms. The van der Waals surface area contributed by atoms with Gasteiger partial charge in [0.25, 0.3) is 0 Å². The molecule has 5 heteroatoms. The summed E-state index contributed by atoms with van der Waals surface area (Å²) in [5, 5.41) is 3.38. The van der Waals surface area contributed by atoms with E-state index in [2.05, 4.69) is 27.1 Å². The fraction of sp³-hybridized carbons (Fsp3) is 0.667. The van der Waals surface area contributed by atoms with Crippen LogP contribution in [-0.4, -0.2) is 42.8 Å². The van der Waals surface area contributed by atoms with Crippen LogP contribution in [0.2, 0.25) is 0 Å². The van der Waals surface area contributed by atoms with Crippen LogP contribution in [-0.2, 0) is 0 Å². The molecule has 1 fully saturated rings. The first-order valence-electron chi connectivity index (χ1n) is 6.30. The van der Waals surface area contributed by atoms with Crippen molar-refractivity contribution in [3.8, 4) is 5.88 Å². The van der Waals surface area contributed by atoms with E-state index in [0.717, 1.165) is 44.8 Å². The third kappa shape index (κ3) is 3.56. The van der Waals surface area contributed by atoms with E-state index in [9.17, 15) is 0 Å². The van der Waals surface area contributed by atoms with Crippen LogP contribution >= 0.6 is 0 Å². The van der Waals surface area contributed by atoms with Crippen molar-refractivity contribution in [2.75, 3.05) is 37.7 Å². The quantitative estimate of drug-likeness (QED) is 0.847. The number of nitrogens with one attached hydrogen (secondary N) is 1. The minimum Gasteiger partial charge on any atom is -0.478 e. The Kier molecular flexibility index (Phi) is 4.55. The molecule has 0 unspecified atom stereocenters. The van der Waals surface area contributed by atoms with Gasteiger partial charge < -0.3 is 15.0 Å².